The average molecular weight is 462 g/mol. The van der Waals surface area contributed by atoms with Gasteiger partial charge in [0.1, 0.15) is 0 Å². The minimum absolute atomic E-state index is 0.143. The minimum Gasteiger partial charge on any atom is -0.321 e. The number of fused-ring (bicyclic) bond motifs is 1. The van der Waals surface area contributed by atoms with Crippen LogP contribution in [0.2, 0.25) is 0 Å². The van der Waals surface area contributed by atoms with Gasteiger partial charge in [-0.3, -0.25) is 9.52 Å². The van der Waals surface area contributed by atoms with Crippen LogP contribution in [0, 0.1) is 0 Å². The van der Waals surface area contributed by atoms with E-state index in [4.69, 9.17) is 0 Å². The Hall–Kier alpha value is -3.23. The number of aromatic nitrogens is 1. The Morgan fingerprint density at radius 2 is 1.88 bits per heavy atom. The molecule has 160 valence electrons. The molecule has 2 aliphatic rings. The number of aryl methyl sites for hydroxylation is 1. The summed E-state index contributed by atoms with van der Waals surface area (Å²) < 4.78 is 29.3. The zero-order valence-electron chi connectivity index (χ0n) is 17.0. The van der Waals surface area contributed by atoms with Gasteiger partial charge in [0.15, 0.2) is 5.13 Å². The van der Waals surface area contributed by atoms with Crippen molar-refractivity contribution in [1.29, 1.82) is 0 Å². The number of nitrogens with one attached hydrogen (secondary N) is 2. The van der Waals surface area contributed by atoms with Crippen molar-refractivity contribution in [1.82, 2.24) is 4.98 Å². The summed E-state index contributed by atoms with van der Waals surface area (Å²) in [5, 5.41) is 4.34. The van der Waals surface area contributed by atoms with Crippen molar-refractivity contribution in [3.05, 3.63) is 82.4 Å². The van der Waals surface area contributed by atoms with Crippen molar-refractivity contribution in [3.8, 4) is 0 Å². The SMILES string of the molecule is O=C1Nc2ccc(S(=O)(=O)Nc3nc4c(s3)CC(c3ccccc3)CC4)c3cccc1c23. The molecule has 0 bridgehead atoms. The Balaban J connectivity index is 1.32. The van der Waals surface area contributed by atoms with Gasteiger partial charge in [0.2, 0.25) is 0 Å². The molecule has 8 heteroatoms. The van der Waals surface area contributed by atoms with Gasteiger partial charge in [0.25, 0.3) is 15.9 Å². The number of nitrogens with zero attached hydrogens (tertiary/aromatic N) is 1. The van der Waals surface area contributed by atoms with Gasteiger partial charge >= 0.3 is 0 Å². The van der Waals surface area contributed by atoms with Gasteiger partial charge < -0.3 is 5.32 Å². The van der Waals surface area contributed by atoms with E-state index in [2.05, 4.69) is 39.3 Å². The molecule has 2 N–H and O–H groups in total. The summed E-state index contributed by atoms with van der Waals surface area (Å²) >= 11 is 1.41. The largest absolute Gasteiger partial charge is 0.321 e. The van der Waals surface area contributed by atoms with Gasteiger partial charge in [-0.1, -0.05) is 42.5 Å². The highest BCUT2D eigenvalue weighted by Crippen LogP contribution is 2.39. The zero-order valence-corrected chi connectivity index (χ0v) is 18.6. The molecule has 6 rings (SSSR count). The third kappa shape index (κ3) is 3.10. The summed E-state index contributed by atoms with van der Waals surface area (Å²) in [6.45, 7) is 0. The lowest BCUT2D eigenvalue weighted by molar-refractivity contribution is 0.103. The summed E-state index contributed by atoms with van der Waals surface area (Å²) in [6, 6.07) is 18.7. The molecule has 4 aromatic rings. The molecule has 1 aliphatic carbocycles. The van der Waals surface area contributed by atoms with Crippen LogP contribution in [0.15, 0.2) is 65.6 Å². The fourth-order valence-electron chi connectivity index (χ4n) is 4.70. The summed E-state index contributed by atoms with van der Waals surface area (Å²) in [7, 11) is -3.87. The number of benzene rings is 3. The van der Waals surface area contributed by atoms with Crippen molar-refractivity contribution in [2.24, 2.45) is 0 Å². The zero-order chi connectivity index (χ0) is 21.9. The van der Waals surface area contributed by atoms with Gasteiger partial charge in [0.05, 0.1) is 10.6 Å². The fourth-order valence-corrected chi connectivity index (χ4v) is 7.22. The van der Waals surface area contributed by atoms with E-state index in [0.717, 1.165) is 29.8 Å². The highest BCUT2D eigenvalue weighted by Gasteiger charge is 2.28. The van der Waals surface area contributed by atoms with E-state index in [1.165, 1.54) is 23.0 Å². The lowest BCUT2D eigenvalue weighted by atomic mass is 9.85. The standard InChI is InChI=1S/C24H19N3O3S2/c28-23-17-8-4-7-16-21(12-11-19(25-23)22(16)17)32(29,30)27-24-26-18-10-9-15(13-20(18)31-24)14-5-2-1-3-6-14/h1-8,11-12,15H,9-10,13H2,(H,25,28)(H,26,27). The second-order valence-electron chi connectivity index (χ2n) is 8.14. The molecule has 0 spiro atoms. The number of anilines is 2. The minimum atomic E-state index is -3.87. The second kappa shape index (κ2) is 7.15. The van der Waals surface area contributed by atoms with Crippen LogP contribution in [0.3, 0.4) is 0 Å². The van der Waals surface area contributed by atoms with Crippen LogP contribution in [0.5, 0.6) is 0 Å². The molecule has 1 aliphatic heterocycles. The number of hydrogen-bond acceptors (Lipinski definition) is 5. The fraction of sp³-hybridized carbons (Fsp3) is 0.167. The maximum Gasteiger partial charge on any atom is 0.264 e. The molecule has 1 amide bonds. The maximum atomic E-state index is 13.3. The molecule has 32 heavy (non-hydrogen) atoms. The van der Waals surface area contributed by atoms with Gasteiger partial charge in [-0.25, -0.2) is 13.4 Å². The van der Waals surface area contributed by atoms with Crippen LogP contribution >= 0.6 is 11.3 Å². The smallest absolute Gasteiger partial charge is 0.264 e. The van der Waals surface area contributed by atoms with E-state index in [9.17, 15) is 13.2 Å². The van der Waals surface area contributed by atoms with Crippen LogP contribution in [-0.2, 0) is 22.9 Å². The predicted molar refractivity (Wildman–Crippen MR) is 126 cm³/mol. The number of thiazole rings is 1. The van der Waals surface area contributed by atoms with E-state index in [0.29, 0.717) is 33.1 Å². The van der Waals surface area contributed by atoms with Crippen molar-refractivity contribution < 1.29 is 13.2 Å². The van der Waals surface area contributed by atoms with E-state index in [1.807, 2.05) is 6.07 Å². The molecule has 1 aromatic heterocycles. The third-order valence-electron chi connectivity index (χ3n) is 6.22. The van der Waals surface area contributed by atoms with E-state index in [-0.39, 0.29) is 10.8 Å². The quantitative estimate of drug-likeness (QED) is 0.451. The Morgan fingerprint density at radius 3 is 2.72 bits per heavy atom. The number of hydrogen-bond donors (Lipinski definition) is 2. The lowest BCUT2D eigenvalue weighted by Gasteiger charge is -2.21. The number of sulfonamides is 1. The topological polar surface area (TPSA) is 88.2 Å². The van der Waals surface area contributed by atoms with Crippen LogP contribution in [0.25, 0.3) is 10.8 Å². The first-order chi connectivity index (χ1) is 15.5. The lowest BCUT2D eigenvalue weighted by Crippen LogP contribution is -2.13. The molecule has 0 saturated heterocycles. The van der Waals surface area contributed by atoms with Crippen LogP contribution in [-0.4, -0.2) is 19.3 Å². The van der Waals surface area contributed by atoms with Crippen molar-refractivity contribution >= 4 is 48.9 Å². The highest BCUT2D eigenvalue weighted by molar-refractivity contribution is 7.93. The Labute approximate surface area is 189 Å². The first-order valence-electron chi connectivity index (χ1n) is 10.4. The molecule has 0 radical (unpaired) electrons. The van der Waals surface area contributed by atoms with Crippen LogP contribution in [0.1, 0.15) is 38.8 Å². The number of carbonyl (C=O) groups is 1. The van der Waals surface area contributed by atoms with Gasteiger partial charge in [-0.2, -0.15) is 0 Å². The number of rotatable bonds is 4. The summed E-state index contributed by atoms with van der Waals surface area (Å²) in [5.41, 5.74) is 3.42. The third-order valence-corrected chi connectivity index (χ3v) is 8.78. The van der Waals surface area contributed by atoms with Gasteiger partial charge in [-0.05, 0) is 48.9 Å². The van der Waals surface area contributed by atoms with Crippen molar-refractivity contribution in [2.75, 3.05) is 10.0 Å². The number of carbonyl (C=O) groups excluding carboxylic acids is 1. The normalized spacial score (nSPS) is 17.2. The first kappa shape index (κ1) is 19.5. The first-order valence-corrected chi connectivity index (χ1v) is 12.7. The van der Waals surface area contributed by atoms with Crippen molar-refractivity contribution in [2.45, 2.75) is 30.1 Å². The van der Waals surface area contributed by atoms with Gasteiger partial charge in [-0.15, -0.1) is 11.3 Å². The molecule has 1 unspecified atom stereocenters. The summed E-state index contributed by atoms with van der Waals surface area (Å²) in [5.74, 6) is 0.212. The van der Waals surface area contributed by atoms with E-state index in [1.54, 1.807) is 24.3 Å². The maximum absolute atomic E-state index is 13.3. The van der Waals surface area contributed by atoms with Crippen molar-refractivity contribution in [3.63, 3.8) is 0 Å². The second-order valence-corrected chi connectivity index (χ2v) is 10.9. The molecular weight excluding hydrogens is 442 g/mol. The Bertz CT molecular complexity index is 1490. The van der Waals surface area contributed by atoms with E-state index >= 15 is 0 Å². The monoisotopic (exact) mass is 461 g/mol. The predicted octanol–water partition coefficient (Wildman–Crippen LogP) is 4.94. The molecule has 0 fully saturated rings. The molecular formula is C24H19N3O3S2. The summed E-state index contributed by atoms with van der Waals surface area (Å²) in [4.78, 5) is 18.0. The molecule has 2 heterocycles. The molecule has 3 aromatic carbocycles. The highest BCUT2D eigenvalue weighted by atomic mass is 32.2. The molecule has 1 atom stereocenters. The van der Waals surface area contributed by atoms with Gasteiger partial charge in [0, 0.05) is 26.9 Å². The van der Waals surface area contributed by atoms with Crippen LogP contribution < -0.4 is 10.0 Å². The van der Waals surface area contributed by atoms with E-state index < -0.39 is 10.0 Å². The van der Waals surface area contributed by atoms with Crippen LogP contribution in [0.4, 0.5) is 10.8 Å². The average Bonchev–Trinajstić information content (AvgIpc) is 3.34. The Kier molecular flexibility index (Phi) is 4.34. The Morgan fingerprint density at radius 1 is 1.03 bits per heavy atom. The summed E-state index contributed by atoms with van der Waals surface area (Å²) in [6.07, 6.45) is 2.71. The molecule has 6 nitrogen and oxygen atoms in total. The molecule has 0 saturated carbocycles. The number of amides is 1.